The van der Waals surface area contributed by atoms with Gasteiger partial charge in [0.15, 0.2) is 0 Å². The van der Waals surface area contributed by atoms with E-state index in [0.717, 1.165) is 38.8 Å². The Labute approximate surface area is 108 Å². The Morgan fingerprint density at radius 3 is 2.61 bits per heavy atom. The minimum Gasteiger partial charge on any atom is -0.481 e. The van der Waals surface area contributed by atoms with E-state index in [1.165, 1.54) is 6.42 Å². The maximum atomic E-state index is 12.4. The Morgan fingerprint density at radius 1 is 1.22 bits per heavy atom. The Morgan fingerprint density at radius 2 is 1.94 bits per heavy atom. The van der Waals surface area contributed by atoms with Crippen LogP contribution >= 0.6 is 0 Å². The summed E-state index contributed by atoms with van der Waals surface area (Å²) in [5.41, 5.74) is 0. The number of carboxylic acid groups (broad SMARTS) is 1. The molecule has 1 amide bonds. The molecule has 0 spiro atoms. The smallest absolute Gasteiger partial charge is 0.307 e. The molecule has 0 aromatic heterocycles. The highest BCUT2D eigenvalue weighted by Crippen LogP contribution is 2.34. The lowest BCUT2D eigenvalue weighted by molar-refractivity contribution is -0.148. The largest absolute Gasteiger partial charge is 0.481 e. The van der Waals surface area contributed by atoms with Gasteiger partial charge in [0.25, 0.3) is 0 Å². The minimum atomic E-state index is -0.796. The predicted octanol–water partition coefficient (Wildman–Crippen LogP) is 2.14. The number of rotatable bonds is 4. The molecule has 1 saturated carbocycles. The standard InChI is InChI=1S/C14H23NO3/c1-2-4-10-7-8-15(9-10)13(16)11-5-3-6-12(11)14(17)18/h10-12H,2-9H2,1H3,(H,17,18)/t10?,11-,12+/m1/s1. The lowest BCUT2D eigenvalue weighted by atomic mass is 9.95. The predicted molar refractivity (Wildman–Crippen MR) is 68.1 cm³/mol. The van der Waals surface area contributed by atoms with Gasteiger partial charge >= 0.3 is 5.97 Å². The number of hydrogen-bond acceptors (Lipinski definition) is 2. The van der Waals surface area contributed by atoms with Crippen LogP contribution in [0.15, 0.2) is 0 Å². The third kappa shape index (κ3) is 2.68. The Bertz CT molecular complexity index is 329. The lowest BCUT2D eigenvalue weighted by Gasteiger charge is -2.23. The molecule has 1 unspecified atom stereocenters. The number of hydrogen-bond donors (Lipinski definition) is 1. The molecule has 1 heterocycles. The summed E-state index contributed by atoms with van der Waals surface area (Å²) in [5, 5.41) is 9.14. The number of amides is 1. The second-order valence-electron chi connectivity index (χ2n) is 5.71. The average molecular weight is 253 g/mol. The normalized spacial score (nSPS) is 31.8. The van der Waals surface area contributed by atoms with Crippen molar-refractivity contribution in [3.8, 4) is 0 Å². The van der Waals surface area contributed by atoms with E-state index in [-0.39, 0.29) is 11.8 Å². The number of carboxylic acids is 1. The van der Waals surface area contributed by atoms with Crippen molar-refractivity contribution in [2.24, 2.45) is 17.8 Å². The van der Waals surface area contributed by atoms with Crippen LogP contribution in [-0.4, -0.2) is 35.0 Å². The van der Waals surface area contributed by atoms with Gasteiger partial charge < -0.3 is 10.0 Å². The van der Waals surface area contributed by atoms with Gasteiger partial charge in [-0.2, -0.15) is 0 Å². The molecule has 18 heavy (non-hydrogen) atoms. The molecule has 3 atom stereocenters. The van der Waals surface area contributed by atoms with E-state index in [2.05, 4.69) is 6.92 Å². The van der Waals surface area contributed by atoms with Crippen molar-refractivity contribution in [2.45, 2.75) is 45.4 Å². The molecule has 102 valence electrons. The molecule has 1 N–H and O–H groups in total. The zero-order chi connectivity index (χ0) is 13.1. The Hall–Kier alpha value is -1.06. The minimum absolute atomic E-state index is 0.0958. The summed E-state index contributed by atoms with van der Waals surface area (Å²) in [7, 11) is 0. The average Bonchev–Trinajstić information content (AvgIpc) is 2.96. The quantitative estimate of drug-likeness (QED) is 0.835. The fourth-order valence-electron chi connectivity index (χ4n) is 3.46. The fraction of sp³-hybridized carbons (Fsp3) is 0.857. The highest BCUT2D eigenvalue weighted by Gasteiger charge is 2.41. The first-order chi connectivity index (χ1) is 8.63. The second kappa shape index (κ2) is 5.72. The van der Waals surface area contributed by atoms with Gasteiger partial charge in [-0.15, -0.1) is 0 Å². The summed E-state index contributed by atoms with van der Waals surface area (Å²) >= 11 is 0. The van der Waals surface area contributed by atoms with Gasteiger partial charge in [-0.3, -0.25) is 9.59 Å². The van der Waals surface area contributed by atoms with Crippen LogP contribution in [0.25, 0.3) is 0 Å². The van der Waals surface area contributed by atoms with Gasteiger partial charge in [-0.1, -0.05) is 19.8 Å². The van der Waals surface area contributed by atoms with Crippen LogP contribution in [0.4, 0.5) is 0 Å². The van der Waals surface area contributed by atoms with Crippen LogP contribution in [0, 0.1) is 17.8 Å². The van der Waals surface area contributed by atoms with Crippen molar-refractivity contribution in [2.75, 3.05) is 13.1 Å². The van der Waals surface area contributed by atoms with Crippen LogP contribution in [0.3, 0.4) is 0 Å². The molecule has 0 radical (unpaired) electrons. The summed E-state index contributed by atoms with van der Waals surface area (Å²) < 4.78 is 0. The van der Waals surface area contributed by atoms with Gasteiger partial charge in [0.1, 0.15) is 0 Å². The summed E-state index contributed by atoms with van der Waals surface area (Å²) in [6.07, 6.45) is 5.72. The maximum absolute atomic E-state index is 12.4. The number of aliphatic carboxylic acids is 1. The highest BCUT2D eigenvalue weighted by atomic mass is 16.4. The van der Waals surface area contributed by atoms with Gasteiger partial charge in [-0.25, -0.2) is 0 Å². The molecular formula is C14H23NO3. The summed E-state index contributed by atoms with van der Waals surface area (Å²) in [5.74, 6) is -0.775. The van der Waals surface area contributed by atoms with Crippen molar-refractivity contribution in [3.63, 3.8) is 0 Å². The van der Waals surface area contributed by atoms with Gasteiger partial charge in [-0.05, 0) is 31.6 Å². The van der Waals surface area contributed by atoms with Crippen molar-refractivity contribution < 1.29 is 14.7 Å². The molecule has 0 aromatic carbocycles. The summed E-state index contributed by atoms with van der Waals surface area (Å²) in [4.78, 5) is 25.4. The topological polar surface area (TPSA) is 57.6 Å². The molecule has 1 saturated heterocycles. The van der Waals surface area contributed by atoms with E-state index in [0.29, 0.717) is 12.3 Å². The van der Waals surface area contributed by atoms with E-state index < -0.39 is 11.9 Å². The number of carbonyl (C=O) groups is 2. The van der Waals surface area contributed by atoms with Gasteiger partial charge in [0.2, 0.25) is 5.91 Å². The molecule has 4 nitrogen and oxygen atoms in total. The van der Waals surface area contributed by atoms with E-state index in [9.17, 15) is 9.59 Å². The molecule has 0 bridgehead atoms. The van der Waals surface area contributed by atoms with Crippen molar-refractivity contribution >= 4 is 11.9 Å². The van der Waals surface area contributed by atoms with Gasteiger partial charge in [0.05, 0.1) is 11.8 Å². The Kier molecular flexibility index (Phi) is 4.25. The number of nitrogens with zero attached hydrogens (tertiary/aromatic N) is 1. The maximum Gasteiger partial charge on any atom is 0.307 e. The monoisotopic (exact) mass is 253 g/mol. The zero-order valence-electron chi connectivity index (χ0n) is 11.1. The number of carbonyl (C=O) groups excluding carboxylic acids is 1. The molecule has 0 aromatic rings. The first kappa shape index (κ1) is 13.4. The van der Waals surface area contributed by atoms with E-state index in [1.54, 1.807) is 0 Å². The third-order valence-electron chi connectivity index (χ3n) is 4.44. The lowest BCUT2D eigenvalue weighted by Crippen LogP contribution is -2.37. The number of likely N-dealkylation sites (tertiary alicyclic amines) is 1. The zero-order valence-corrected chi connectivity index (χ0v) is 11.1. The van der Waals surface area contributed by atoms with Crippen LogP contribution in [0.5, 0.6) is 0 Å². The third-order valence-corrected chi connectivity index (χ3v) is 4.44. The van der Waals surface area contributed by atoms with Crippen LogP contribution < -0.4 is 0 Å². The van der Waals surface area contributed by atoms with Gasteiger partial charge in [0, 0.05) is 13.1 Å². The summed E-state index contributed by atoms with van der Waals surface area (Å²) in [6, 6.07) is 0. The van der Waals surface area contributed by atoms with E-state index in [1.807, 2.05) is 4.90 Å². The van der Waals surface area contributed by atoms with E-state index >= 15 is 0 Å². The molecule has 2 fully saturated rings. The first-order valence-electron chi connectivity index (χ1n) is 7.15. The van der Waals surface area contributed by atoms with Crippen LogP contribution in [0.1, 0.15) is 45.4 Å². The van der Waals surface area contributed by atoms with Crippen LogP contribution in [-0.2, 0) is 9.59 Å². The molecule has 1 aliphatic carbocycles. The van der Waals surface area contributed by atoms with Crippen LogP contribution in [0.2, 0.25) is 0 Å². The molecule has 4 heteroatoms. The molecular weight excluding hydrogens is 230 g/mol. The SMILES string of the molecule is CCCC1CCN(C(=O)[C@@H]2CCC[C@@H]2C(=O)O)C1. The Balaban J connectivity index is 1.93. The second-order valence-corrected chi connectivity index (χ2v) is 5.71. The summed E-state index contributed by atoms with van der Waals surface area (Å²) in [6.45, 7) is 3.84. The van der Waals surface area contributed by atoms with E-state index in [4.69, 9.17) is 5.11 Å². The first-order valence-corrected chi connectivity index (χ1v) is 7.15. The molecule has 2 aliphatic rings. The van der Waals surface area contributed by atoms with Crippen molar-refractivity contribution in [1.82, 2.24) is 4.90 Å². The molecule has 2 rings (SSSR count). The molecule has 1 aliphatic heterocycles. The van der Waals surface area contributed by atoms with Crippen molar-refractivity contribution in [3.05, 3.63) is 0 Å². The fourth-order valence-corrected chi connectivity index (χ4v) is 3.46. The highest BCUT2D eigenvalue weighted by molar-refractivity contribution is 5.85. The van der Waals surface area contributed by atoms with Crippen molar-refractivity contribution in [1.29, 1.82) is 0 Å².